The second-order valence-electron chi connectivity index (χ2n) is 13.1. The fourth-order valence-corrected chi connectivity index (χ4v) is 5.53. The number of carbonyl (C=O) groups is 3. The molecular formula is C41H45N5O5. The lowest BCUT2D eigenvalue weighted by Crippen LogP contribution is -2.52. The van der Waals surface area contributed by atoms with Crippen LogP contribution in [0.4, 0.5) is 4.79 Å². The molecule has 1 aromatic heterocycles. The van der Waals surface area contributed by atoms with Gasteiger partial charge in [-0.1, -0.05) is 117 Å². The highest BCUT2D eigenvalue weighted by molar-refractivity contribution is 5.89. The van der Waals surface area contributed by atoms with Crippen LogP contribution < -0.4 is 15.4 Å². The van der Waals surface area contributed by atoms with Crippen LogP contribution in [0.15, 0.2) is 121 Å². The van der Waals surface area contributed by atoms with E-state index in [1.165, 1.54) is 4.90 Å². The number of hydrogen-bond donors (Lipinski definition) is 3. The van der Waals surface area contributed by atoms with Crippen molar-refractivity contribution < 1.29 is 23.9 Å². The van der Waals surface area contributed by atoms with E-state index in [-0.39, 0.29) is 37.4 Å². The van der Waals surface area contributed by atoms with Crippen molar-refractivity contribution in [1.29, 1.82) is 0 Å². The van der Waals surface area contributed by atoms with Crippen molar-refractivity contribution in [3.63, 3.8) is 0 Å². The smallest absolute Gasteiger partial charge is 0.408 e. The van der Waals surface area contributed by atoms with Crippen molar-refractivity contribution in [3.8, 4) is 5.75 Å². The second kappa shape index (κ2) is 17.7. The van der Waals surface area contributed by atoms with Gasteiger partial charge >= 0.3 is 6.09 Å². The van der Waals surface area contributed by atoms with Crippen LogP contribution in [0.1, 0.15) is 47.6 Å². The van der Waals surface area contributed by atoms with Crippen LogP contribution in [0.5, 0.6) is 5.75 Å². The van der Waals surface area contributed by atoms with Gasteiger partial charge < -0.3 is 30.0 Å². The number of hydrogen-bond acceptors (Lipinski definition) is 6. The summed E-state index contributed by atoms with van der Waals surface area (Å²) in [6, 6.07) is 35.5. The zero-order valence-electron chi connectivity index (χ0n) is 29.3. The number of aryl methyl sites for hydroxylation is 1. The maximum absolute atomic E-state index is 14.4. The van der Waals surface area contributed by atoms with Crippen molar-refractivity contribution in [3.05, 3.63) is 155 Å². The van der Waals surface area contributed by atoms with E-state index in [0.717, 1.165) is 22.3 Å². The van der Waals surface area contributed by atoms with Crippen molar-refractivity contribution in [1.82, 2.24) is 25.5 Å². The van der Waals surface area contributed by atoms with E-state index < -0.39 is 18.0 Å². The highest BCUT2D eigenvalue weighted by atomic mass is 16.5. The molecule has 5 rings (SSSR count). The predicted octanol–water partition coefficient (Wildman–Crippen LogP) is 6.26. The third-order valence-electron chi connectivity index (χ3n) is 8.46. The third kappa shape index (κ3) is 11.3. The Morgan fingerprint density at radius 3 is 2.02 bits per heavy atom. The quantitative estimate of drug-likeness (QED) is 0.113. The van der Waals surface area contributed by atoms with Gasteiger partial charge in [-0.25, -0.2) is 9.78 Å². The number of nitrogens with zero attached hydrogens (tertiary/aromatic N) is 2. The second-order valence-corrected chi connectivity index (χ2v) is 13.1. The Morgan fingerprint density at radius 1 is 0.804 bits per heavy atom. The summed E-state index contributed by atoms with van der Waals surface area (Å²) in [7, 11) is 0. The van der Waals surface area contributed by atoms with E-state index >= 15 is 0 Å². The van der Waals surface area contributed by atoms with Crippen LogP contribution in [0, 0.1) is 6.92 Å². The molecule has 0 aliphatic rings. The minimum Gasteiger partial charge on any atom is -0.489 e. The highest BCUT2D eigenvalue weighted by Crippen LogP contribution is 2.22. The lowest BCUT2D eigenvalue weighted by atomic mass is 9.84. The zero-order valence-corrected chi connectivity index (χ0v) is 29.3. The fourth-order valence-electron chi connectivity index (χ4n) is 5.53. The number of carbonyl (C=O) groups excluding carboxylic acids is 3. The van der Waals surface area contributed by atoms with Gasteiger partial charge in [-0.15, -0.1) is 0 Å². The first-order valence-corrected chi connectivity index (χ1v) is 17.0. The molecule has 1 atom stereocenters. The molecule has 0 aliphatic carbocycles. The van der Waals surface area contributed by atoms with Crippen LogP contribution in [0.3, 0.4) is 0 Å². The summed E-state index contributed by atoms with van der Waals surface area (Å²) < 4.78 is 11.4. The first kappa shape index (κ1) is 36.4. The molecule has 5 aromatic rings. The normalized spacial score (nSPS) is 11.7. The fraction of sp³-hybridized carbons (Fsp3) is 0.268. The summed E-state index contributed by atoms with van der Waals surface area (Å²) in [5.74, 6) is 0.588. The molecule has 0 spiro atoms. The first-order valence-electron chi connectivity index (χ1n) is 17.0. The number of benzene rings is 4. The topological polar surface area (TPSA) is 126 Å². The molecule has 264 valence electrons. The Morgan fingerprint density at radius 2 is 1.41 bits per heavy atom. The van der Waals surface area contributed by atoms with Crippen LogP contribution in [0.2, 0.25) is 0 Å². The molecule has 4 aromatic carbocycles. The predicted molar refractivity (Wildman–Crippen MR) is 196 cm³/mol. The van der Waals surface area contributed by atoms with Gasteiger partial charge in [-0.2, -0.15) is 0 Å². The number of rotatable bonds is 16. The van der Waals surface area contributed by atoms with Crippen molar-refractivity contribution in [2.75, 3.05) is 13.1 Å². The number of nitrogens with one attached hydrogen (secondary N) is 3. The van der Waals surface area contributed by atoms with Crippen molar-refractivity contribution >= 4 is 17.9 Å². The average Bonchev–Trinajstić information content (AvgIpc) is 3.57. The maximum atomic E-state index is 14.4. The monoisotopic (exact) mass is 687 g/mol. The number of imidazole rings is 1. The Balaban J connectivity index is 1.32. The molecule has 3 N–H and O–H groups in total. The average molecular weight is 688 g/mol. The standard InChI is InChI=1S/C41H45N5O5/c1-30-42-24-35(44-30)23-37(45-40(49)51-28-33-15-9-5-10-16-33)39(48)46(26-38(47)43-29-41(2,3)34-17-11-6-12-18-34)25-31-19-21-36(22-20-31)50-27-32-13-7-4-8-14-32/h4-22,24,37H,23,25-29H2,1-3H3,(H,42,44)(H,43,47)(H,45,49)/t37-/m0/s1. The zero-order chi connectivity index (χ0) is 36.1. The number of ether oxygens (including phenoxy) is 2. The van der Waals surface area contributed by atoms with Gasteiger partial charge in [-0.05, 0) is 41.3 Å². The number of H-pyrrole nitrogens is 1. The van der Waals surface area contributed by atoms with Gasteiger partial charge in [0.2, 0.25) is 11.8 Å². The minimum absolute atomic E-state index is 0.0404. The molecule has 0 aliphatic heterocycles. The molecule has 1 heterocycles. The molecule has 0 fully saturated rings. The number of aromatic amines is 1. The van der Waals surface area contributed by atoms with E-state index in [9.17, 15) is 14.4 Å². The van der Waals surface area contributed by atoms with Gasteiger partial charge in [0.05, 0.1) is 6.54 Å². The van der Waals surface area contributed by atoms with Crippen LogP contribution >= 0.6 is 0 Å². The van der Waals surface area contributed by atoms with E-state index in [0.29, 0.717) is 30.4 Å². The highest BCUT2D eigenvalue weighted by Gasteiger charge is 2.30. The molecule has 10 nitrogen and oxygen atoms in total. The lowest BCUT2D eigenvalue weighted by Gasteiger charge is -2.29. The summed E-state index contributed by atoms with van der Waals surface area (Å²) in [5, 5.41) is 5.78. The summed E-state index contributed by atoms with van der Waals surface area (Å²) in [4.78, 5) is 49.8. The van der Waals surface area contributed by atoms with Gasteiger partial charge in [0, 0.05) is 36.8 Å². The van der Waals surface area contributed by atoms with Crippen LogP contribution in [0.25, 0.3) is 0 Å². The number of aromatic nitrogens is 2. The van der Waals surface area contributed by atoms with E-state index in [2.05, 4.69) is 34.4 Å². The van der Waals surface area contributed by atoms with E-state index in [1.807, 2.05) is 122 Å². The SMILES string of the molecule is Cc1ncc(C[C@H](NC(=O)OCc2ccccc2)C(=O)N(CC(=O)NCC(C)(C)c2ccccc2)Cc2ccc(OCc3ccccc3)cc2)[nH]1. The van der Waals surface area contributed by atoms with Crippen LogP contribution in [-0.4, -0.2) is 51.9 Å². The van der Waals surface area contributed by atoms with Gasteiger partial charge in [0.1, 0.15) is 30.8 Å². The number of alkyl carbamates (subject to hydrolysis) is 1. The molecule has 0 unspecified atom stereocenters. The summed E-state index contributed by atoms with van der Waals surface area (Å²) >= 11 is 0. The summed E-state index contributed by atoms with van der Waals surface area (Å²) in [6.45, 7) is 6.64. The van der Waals surface area contributed by atoms with Crippen LogP contribution in [-0.2, 0) is 45.9 Å². The minimum atomic E-state index is -1.05. The summed E-state index contributed by atoms with van der Waals surface area (Å²) in [5.41, 5.74) is 4.05. The van der Waals surface area contributed by atoms with Crippen molar-refractivity contribution in [2.24, 2.45) is 0 Å². The molecular weight excluding hydrogens is 642 g/mol. The maximum Gasteiger partial charge on any atom is 0.408 e. The summed E-state index contributed by atoms with van der Waals surface area (Å²) in [6.07, 6.45) is 0.997. The van der Waals surface area contributed by atoms with Gasteiger partial charge in [-0.3, -0.25) is 9.59 Å². The lowest BCUT2D eigenvalue weighted by molar-refractivity contribution is -0.138. The molecule has 3 amide bonds. The number of amides is 3. The Hall–Kier alpha value is -5.90. The molecule has 0 radical (unpaired) electrons. The third-order valence-corrected chi connectivity index (χ3v) is 8.46. The molecule has 51 heavy (non-hydrogen) atoms. The van der Waals surface area contributed by atoms with E-state index in [4.69, 9.17) is 9.47 Å². The Labute approximate surface area is 299 Å². The van der Waals surface area contributed by atoms with Gasteiger partial charge in [0.15, 0.2) is 0 Å². The first-order chi connectivity index (χ1) is 24.6. The van der Waals surface area contributed by atoms with E-state index in [1.54, 1.807) is 6.20 Å². The molecule has 0 bridgehead atoms. The molecule has 10 heteroatoms. The van der Waals surface area contributed by atoms with Gasteiger partial charge in [0.25, 0.3) is 0 Å². The van der Waals surface area contributed by atoms with Crippen molar-refractivity contribution in [2.45, 2.75) is 58.4 Å². The largest absolute Gasteiger partial charge is 0.489 e. The Bertz CT molecular complexity index is 1840. The Kier molecular flexibility index (Phi) is 12.6. The molecule has 0 saturated carbocycles. The molecule has 0 saturated heterocycles.